The van der Waals surface area contributed by atoms with E-state index in [1.807, 2.05) is 30.3 Å². The van der Waals surface area contributed by atoms with Gasteiger partial charge in [-0.1, -0.05) is 25.1 Å². The number of carbonyl (C=O) groups excluding carboxylic acids is 2. The van der Waals surface area contributed by atoms with Crippen molar-refractivity contribution in [3.05, 3.63) is 51.2 Å². The first-order valence-electron chi connectivity index (χ1n) is 9.86. The maximum absolute atomic E-state index is 12.6. The molecule has 4 rings (SSSR count). The average molecular weight is 400 g/mol. The first kappa shape index (κ1) is 19.0. The molecule has 28 heavy (non-hydrogen) atoms. The Balaban J connectivity index is 1.38. The molecule has 3 atom stereocenters. The minimum absolute atomic E-state index is 0.130. The van der Waals surface area contributed by atoms with Gasteiger partial charge < -0.3 is 14.8 Å². The lowest BCUT2D eigenvalue weighted by atomic mass is 9.90. The molecule has 2 aliphatic rings. The molecule has 1 N–H and O–H groups in total. The molecule has 1 aliphatic heterocycles. The fourth-order valence-corrected chi connectivity index (χ4v) is 4.95. The van der Waals surface area contributed by atoms with E-state index in [1.165, 1.54) is 21.8 Å². The van der Waals surface area contributed by atoms with Crippen LogP contribution in [-0.4, -0.2) is 24.6 Å². The zero-order valence-electron chi connectivity index (χ0n) is 16.2. The van der Waals surface area contributed by atoms with Gasteiger partial charge in [0.1, 0.15) is 10.6 Å². The maximum Gasteiger partial charge on any atom is 0.349 e. The number of para-hydroxylation sites is 1. The zero-order chi connectivity index (χ0) is 19.7. The standard InChI is InChI=1S/C22H25NO4S/c1-13-7-8-19-15(11-13)12-20(28-19)22(25)27-14(2)21(24)23-17-9-10-26-18-6-4-3-5-16(17)18/h3-6,12-14,17H,7-11H2,1-2H3,(H,23,24). The normalized spacial score (nSPS) is 21.6. The van der Waals surface area contributed by atoms with E-state index < -0.39 is 12.1 Å². The lowest BCUT2D eigenvalue weighted by Gasteiger charge is -2.27. The molecular weight excluding hydrogens is 374 g/mol. The second-order valence-electron chi connectivity index (χ2n) is 7.69. The number of rotatable bonds is 4. The molecule has 0 bridgehead atoms. The summed E-state index contributed by atoms with van der Waals surface area (Å²) in [6, 6.07) is 9.50. The molecule has 5 nitrogen and oxygen atoms in total. The van der Waals surface area contributed by atoms with Gasteiger partial charge in [0.25, 0.3) is 5.91 Å². The van der Waals surface area contributed by atoms with E-state index in [0.717, 1.165) is 30.6 Å². The Morgan fingerprint density at radius 1 is 1.29 bits per heavy atom. The molecule has 0 radical (unpaired) electrons. The Kier molecular flexibility index (Phi) is 5.40. The molecule has 3 unspecified atom stereocenters. The predicted molar refractivity (Wildman–Crippen MR) is 108 cm³/mol. The van der Waals surface area contributed by atoms with E-state index in [1.54, 1.807) is 6.92 Å². The highest BCUT2D eigenvalue weighted by Gasteiger charge is 2.27. The third kappa shape index (κ3) is 3.92. The monoisotopic (exact) mass is 399 g/mol. The Labute approximate surface area is 169 Å². The lowest BCUT2D eigenvalue weighted by Crippen LogP contribution is -2.39. The topological polar surface area (TPSA) is 64.6 Å². The Morgan fingerprint density at radius 3 is 2.96 bits per heavy atom. The van der Waals surface area contributed by atoms with E-state index in [9.17, 15) is 9.59 Å². The molecule has 6 heteroatoms. The predicted octanol–water partition coefficient (Wildman–Crippen LogP) is 4.06. The van der Waals surface area contributed by atoms with Crippen molar-refractivity contribution in [3.63, 3.8) is 0 Å². The van der Waals surface area contributed by atoms with Gasteiger partial charge in [0.05, 0.1) is 12.6 Å². The number of benzene rings is 1. The molecular formula is C22H25NO4S. The smallest absolute Gasteiger partial charge is 0.349 e. The summed E-state index contributed by atoms with van der Waals surface area (Å²) in [4.78, 5) is 27.0. The summed E-state index contributed by atoms with van der Waals surface area (Å²) in [7, 11) is 0. The number of hydrogen-bond acceptors (Lipinski definition) is 5. The molecule has 0 spiro atoms. The molecule has 148 valence electrons. The number of ether oxygens (including phenoxy) is 2. The Bertz CT molecular complexity index is 890. The van der Waals surface area contributed by atoms with E-state index in [0.29, 0.717) is 23.8 Å². The summed E-state index contributed by atoms with van der Waals surface area (Å²) in [5.74, 6) is 0.743. The van der Waals surface area contributed by atoms with E-state index >= 15 is 0 Å². The van der Waals surface area contributed by atoms with E-state index in [-0.39, 0.29) is 11.9 Å². The van der Waals surface area contributed by atoms with E-state index in [2.05, 4.69) is 12.2 Å². The van der Waals surface area contributed by atoms with Crippen LogP contribution in [0.2, 0.25) is 0 Å². The summed E-state index contributed by atoms with van der Waals surface area (Å²) >= 11 is 1.50. The van der Waals surface area contributed by atoms with Crippen LogP contribution in [0.5, 0.6) is 5.75 Å². The van der Waals surface area contributed by atoms with Gasteiger partial charge in [-0.15, -0.1) is 11.3 Å². The Morgan fingerprint density at radius 2 is 2.11 bits per heavy atom. The number of aryl methyl sites for hydroxylation is 1. The third-order valence-electron chi connectivity index (χ3n) is 5.46. The number of thiophene rings is 1. The number of fused-ring (bicyclic) bond motifs is 2. The minimum atomic E-state index is -0.847. The molecule has 1 amide bonds. The summed E-state index contributed by atoms with van der Waals surface area (Å²) in [6.45, 7) is 4.41. The van der Waals surface area contributed by atoms with Crippen LogP contribution < -0.4 is 10.1 Å². The van der Waals surface area contributed by atoms with Gasteiger partial charge in [-0.25, -0.2) is 4.79 Å². The number of nitrogens with one attached hydrogen (secondary N) is 1. The van der Waals surface area contributed by atoms with Crippen LogP contribution in [0.4, 0.5) is 0 Å². The summed E-state index contributed by atoms with van der Waals surface area (Å²) in [5.41, 5.74) is 2.22. The fraction of sp³-hybridized carbons (Fsp3) is 0.455. The SMILES string of the molecule is CC1CCc2sc(C(=O)OC(C)C(=O)NC3CCOc4ccccc43)cc2C1. The highest BCUT2D eigenvalue weighted by atomic mass is 32.1. The highest BCUT2D eigenvalue weighted by Crippen LogP contribution is 2.33. The molecule has 0 saturated carbocycles. The summed E-state index contributed by atoms with van der Waals surface area (Å²) < 4.78 is 11.1. The number of amides is 1. The minimum Gasteiger partial charge on any atom is -0.493 e. The first-order chi connectivity index (χ1) is 13.5. The largest absolute Gasteiger partial charge is 0.493 e. The van der Waals surface area contributed by atoms with Gasteiger partial charge in [-0.2, -0.15) is 0 Å². The van der Waals surface area contributed by atoms with Crippen LogP contribution >= 0.6 is 11.3 Å². The Hall–Kier alpha value is -2.34. The van der Waals surface area contributed by atoms with Crippen LogP contribution in [0, 0.1) is 5.92 Å². The fourth-order valence-electron chi connectivity index (χ4n) is 3.86. The van der Waals surface area contributed by atoms with Crippen molar-refractivity contribution in [3.8, 4) is 5.75 Å². The van der Waals surface area contributed by atoms with Crippen molar-refractivity contribution in [1.29, 1.82) is 0 Å². The van der Waals surface area contributed by atoms with Gasteiger partial charge in [-0.05, 0) is 49.8 Å². The maximum atomic E-state index is 12.6. The summed E-state index contributed by atoms with van der Waals surface area (Å²) in [5, 5.41) is 2.99. The molecule has 1 aromatic carbocycles. The van der Waals surface area contributed by atoms with Crippen LogP contribution in [-0.2, 0) is 22.4 Å². The second-order valence-corrected chi connectivity index (χ2v) is 8.83. The van der Waals surface area contributed by atoms with Crippen molar-refractivity contribution in [2.45, 2.75) is 51.7 Å². The van der Waals surface area contributed by atoms with Gasteiger partial charge in [0, 0.05) is 16.9 Å². The highest BCUT2D eigenvalue weighted by molar-refractivity contribution is 7.14. The lowest BCUT2D eigenvalue weighted by molar-refractivity contribution is -0.130. The van der Waals surface area contributed by atoms with Gasteiger partial charge in [-0.3, -0.25) is 4.79 Å². The van der Waals surface area contributed by atoms with Crippen molar-refractivity contribution in [2.75, 3.05) is 6.61 Å². The van der Waals surface area contributed by atoms with Gasteiger partial charge >= 0.3 is 5.97 Å². The number of esters is 1. The van der Waals surface area contributed by atoms with Crippen LogP contribution in [0.25, 0.3) is 0 Å². The van der Waals surface area contributed by atoms with Crippen molar-refractivity contribution >= 4 is 23.2 Å². The third-order valence-corrected chi connectivity index (χ3v) is 6.68. The van der Waals surface area contributed by atoms with Crippen molar-refractivity contribution in [2.24, 2.45) is 5.92 Å². The molecule has 0 saturated heterocycles. The summed E-state index contributed by atoms with van der Waals surface area (Å²) in [6.07, 6.45) is 3.04. The number of hydrogen-bond donors (Lipinski definition) is 1. The van der Waals surface area contributed by atoms with Gasteiger partial charge in [0.2, 0.25) is 0 Å². The van der Waals surface area contributed by atoms with Crippen LogP contribution in [0.1, 0.15) is 58.4 Å². The van der Waals surface area contributed by atoms with Crippen LogP contribution in [0.15, 0.2) is 30.3 Å². The second kappa shape index (κ2) is 7.95. The molecule has 0 fully saturated rings. The number of carbonyl (C=O) groups is 2. The van der Waals surface area contributed by atoms with Crippen molar-refractivity contribution in [1.82, 2.24) is 5.32 Å². The van der Waals surface area contributed by atoms with Crippen molar-refractivity contribution < 1.29 is 19.1 Å². The van der Waals surface area contributed by atoms with Gasteiger partial charge in [0.15, 0.2) is 6.10 Å². The molecule has 2 heterocycles. The quantitative estimate of drug-likeness (QED) is 0.788. The molecule has 2 aromatic rings. The first-order valence-corrected chi connectivity index (χ1v) is 10.7. The molecule has 1 aliphatic carbocycles. The zero-order valence-corrected chi connectivity index (χ0v) is 17.0. The average Bonchev–Trinajstić information content (AvgIpc) is 3.11. The van der Waals surface area contributed by atoms with Crippen LogP contribution in [0.3, 0.4) is 0 Å². The molecule has 1 aromatic heterocycles. The van der Waals surface area contributed by atoms with E-state index in [4.69, 9.17) is 9.47 Å².